The van der Waals surface area contributed by atoms with Gasteiger partial charge in [-0.1, -0.05) is 29.4 Å². The molecule has 0 bridgehead atoms. The second kappa shape index (κ2) is 6.93. The highest BCUT2D eigenvalue weighted by Gasteiger charge is 2.27. The molecule has 4 rings (SSSR count). The van der Waals surface area contributed by atoms with E-state index in [-0.39, 0.29) is 12.5 Å². The lowest BCUT2D eigenvalue weighted by molar-refractivity contribution is -0.127. The molecule has 0 radical (unpaired) electrons. The summed E-state index contributed by atoms with van der Waals surface area (Å²) in [6.45, 7) is 4.60. The minimum atomic E-state index is -0.770. The van der Waals surface area contributed by atoms with Gasteiger partial charge in [-0.15, -0.1) is 6.42 Å². The molecule has 136 valence electrons. The Labute approximate surface area is 160 Å². The monoisotopic (exact) mass is 378 g/mol. The molecule has 3 aromatic rings. The van der Waals surface area contributed by atoms with E-state index in [4.69, 9.17) is 15.9 Å². The van der Waals surface area contributed by atoms with Crippen molar-refractivity contribution in [3.8, 4) is 23.8 Å². The maximum absolute atomic E-state index is 12.7. The zero-order valence-electron chi connectivity index (χ0n) is 15.1. The van der Waals surface area contributed by atoms with Crippen molar-refractivity contribution in [2.24, 2.45) is 4.99 Å². The number of terminal acetylenes is 1. The van der Waals surface area contributed by atoms with Crippen LogP contribution in [-0.2, 0) is 11.3 Å². The van der Waals surface area contributed by atoms with Crippen molar-refractivity contribution in [3.63, 3.8) is 0 Å². The van der Waals surface area contributed by atoms with Crippen molar-refractivity contribution in [1.29, 1.82) is 0 Å². The number of hydrogen-bond acceptors (Lipinski definition) is 4. The van der Waals surface area contributed by atoms with Gasteiger partial charge in [-0.3, -0.25) is 4.79 Å². The molecule has 0 N–H and O–H groups in total. The van der Waals surface area contributed by atoms with Gasteiger partial charge in [-0.05, 0) is 49.2 Å². The summed E-state index contributed by atoms with van der Waals surface area (Å²) in [5.41, 5.74) is 3.35. The zero-order chi connectivity index (χ0) is 19.0. The Morgan fingerprint density at radius 3 is 2.81 bits per heavy atom. The second-order valence-electron chi connectivity index (χ2n) is 6.39. The molecule has 5 nitrogen and oxygen atoms in total. The van der Waals surface area contributed by atoms with Crippen LogP contribution in [0.2, 0.25) is 0 Å². The first-order chi connectivity index (χ1) is 13.1. The Morgan fingerprint density at radius 1 is 1.30 bits per heavy atom. The fraction of sp³-hybridized carbons (Fsp3) is 0.238. The van der Waals surface area contributed by atoms with E-state index < -0.39 is 6.10 Å². The molecule has 0 aliphatic carbocycles. The summed E-state index contributed by atoms with van der Waals surface area (Å²) in [5, 5.41) is 0. The Hall–Kier alpha value is -3.04. The number of hydrogen-bond donors (Lipinski definition) is 0. The summed E-state index contributed by atoms with van der Waals surface area (Å²) in [6, 6.07) is 11.5. The van der Waals surface area contributed by atoms with Crippen molar-refractivity contribution in [1.82, 2.24) is 4.57 Å². The fourth-order valence-corrected chi connectivity index (χ4v) is 4.07. The molecule has 1 atom stereocenters. The Balaban J connectivity index is 1.73. The number of aromatic nitrogens is 1. The van der Waals surface area contributed by atoms with Crippen molar-refractivity contribution in [3.05, 3.63) is 52.3 Å². The topological polar surface area (TPSA) is 52.8 Å². The molecule has 1 aliphatic rings. The Morgan fingerprint density at radius 2 is 2.04 bits per heavy atom. The van der Waals surface area contributed by atoms with Crippen LogP contribution < -0.4 is 14.3 Å². The van der Waals surface area contributed by atoms with E-state index in [2.05, 4.69) is 36.9 Å². The SMILES string of the molecule is C#CCn1c(=NC(=O)C2COc3ccccc3O2)sc2cc(C)c(C)cc21. The van der Waals surface area contributed by atoms with Crippen LogP contribution in [-0.4, -0.2) is 23.2 Å². The van der Waals surface area contributed by atoms with E-state index in [1.807, 2.05) is 22.8 Å². The van der Waals surface area contributed by atoms with Crippen LogP contribution in [0.15, 0.2) is 41.4 Å². The molecule has 6 heteroatoms. The van der Waals surface area contributed by atoms with Crippen LogP contribution in [0, 0.1) is 26.2 Å². The molecule has 0 saturated heterocycles. The lowest BCUT2D eigenvalue weighted by Gasteiger charge is -2.23. The zero-order valence-corrected chi connectivity index (χ0v) is 15.9. The highest BCUT2D eigenvalue weighted by atomic mass is 32.1. The van der Waals surface area contributed by atoms with E-state index in [0.717, 1.165) is 10.2 Å². The van der Waals surface area contributed by atoms with Crippen molar-refractivity contribution >= 4 is 27.5 Å². The van der Waals surface area contributed by atoms with Gasteiger partial charge >= 0.3 is 0 Å². The third kappa shape index (κ3) is 3.22. The van der Waals surface area contributed by atoms with E-state index in [1.54, 1.807) is 6.07 Å². The maximum Gasteiger partial charge on any atom is 0.292 e. The number of carbonyl (C=O) groups is 1. The number of benzene rings is 2. The van der Waals surface area contributed by atoms with Gasteiger partial charge in [0, 0.05) is 0 Å². The Kier molecular flexibility index (Phi) is 4.46. The normalized spacial score (nSPS) is 16.3. The number of amides is 1. The number of para-hydroxylation sites is 2. The number of aryl methyl sites for hydroxylation is 2. The minimum absolute atomic E-state index is 0.137. The maximum atomic E-state index is 12.7. The van der Waals surface area contributed by atoms with Gasteiger partial charge in [0.05, 0.1) is 16.8 Å². The van der Waals surface area contributed by atoms with Crippen LogP contribution in [0.4, 0.5) is 0 Å². The molecular weight excluding hydrogens is 360 g/mol. The van der Waals surface area contributed by atoms with E-state index in [9.17, 15) is 4.79 Å². The van der Waals surface area contributed by atoms with Gasteiger partial charge in [0.15, 0.2) is 16.3 Å². The van der Waals surface area contributed by atoms with Crippen LogP contribution in [0.3, 0.4) is 0 Å². The molecule has 2 aromatic carbocycles. The molecule has 0 fully saturated rings. The fourth-order valence-electron chi connectivity index (χ4n) is 2.96. The highest BCUT2D eigenvalue weighted by Crippen LogP contribution is 2.31. The lowest BCUT2D eigenvalue weighted by atomic mass is 10.1. The second-order valence-corrected chi connectivity index (χ2v) is 7.40. The van der Waals surface area contributed by atoms with E-state index in [0.29, 0.717) is 22.8 Å². The summed E-state index contributed by atoms with van der Waals surface area (Å²) in [4.78, 5) is 17.6. The molecule has 0 saturated carbocycles. The van der Waals surface area contributed by atoms with E-state index in [1.165, 1.54) is 22.5 Å². The number of fused-ring (bicyclic) bond motifs is 2. The minimum Gasteiger partial charge on any atom is -0.485 e. The largest absolute Gasteiger partial charge is 0.485 e. The highest BCUT2D eigenvalue weighted by molar-refractivity contribution is 7.16. The summed E-state index contributed by atoms with van der Waals surface area (Å²) in [5.74, 6) is 3.45. The van der Waals surface area contributed by atoms with Crippen LogP contribution in [0.25, 0.3) is 10.2 Å². The van der Waals surface area contributed by atoms with Crippen LogP contribution in [0.5, 0.6) is 11.5 Å². The number of carbonyl (C=O) groups excluding carboxylic acids is 1. The summed E-state index contributed by atoms with van der Waals surface area (Å²) in [7, 11) is 0. The molecule has 1 amide bonds. The summed E-state index contributed by atoms with van der Waals surface area (Å²) in [6.07, 6.45) is 4.77. The Bertz CT molecular complexity index is 1150. The van der Waals surface area contributed by atoms with Crippen molar-refractivity contribution < 1.29 is 14.3 Å². The predicted molar refractivity (Wildman–Crippen MR) is 105 cm³/mol. The number of thiazole rings is 1. The molecule has 1 aromatic heterocycles. The average molecular weight is 378 g/mol. The van der Waals surface area contributed by atoms with Gasteiger partial charge in [0.1, 0.15) is 6.61 Å². The third-order valence-corrected chi connectivity index (χ3v) is 5.58. The smallest absolute Gasteiger partial charge is 0.292 e. The number of ether oxygens (including phenoxy) is 2. The van der Waals surface area contributed by atoms with Crippen molar-refractivity contribution in [2.45, 2.75) is 26.5 Å². The standard InChI is InChI=1S/C21H18N2O3S/c1-4-9-23-15-10-13(2)14(3)11-19(15)27-21(23)22-20(24)18-12-25-16-7-5-6-8-17(16)26-18/h1,5-8,10-11,18H,9,12H2,2-3H3. The quantitative estimate of drug-likeness (QED) is 0.644. The van der Waals surface area contributed by atoms with Crippen molar-refractivity contribution in [2.75, 3.05) is 6.61 Å². The summed E-state index contributed by atoms with van der Waals surface area (Å²) >= 11 is 1.45. The van der Waals surface area contributed by atoms with E-state index >= 15 is 0 Å². The van der Waals surface area contributed by atoms with Gasteiger partial charge in [0.2, 0.25) is 6.10 Å². The molecule has 1 aliphatic heterocycles. The predicted octanol–water partition coefficient (Wildman–Crippen LogP) is 3.22. The molecule has 2 heterocycles. The van der Waals surface area contributed by atoms with Gasteiger partial charge < -0.3 is 14.0 Å². The van der Waals surface area contributed by atoms with Crippen LogP contribution >= 0.6 is 11.3 Å². The number of rotatable bonds is 2. The first-order valence-corrected chi connectivity index (χ1v) is 9.39. The van der Waals surface area contributed by atoms with Crippen LogP contribution in [0.1, 0.15) is 11.1 Å². The lowest BCUT2D eigenvalue weighted by Crippen LogP contribution is -2.36. The van der Waals surface area contributed by atoms with Gasteiger partial charge in [-0.2, -0.15) is 4.99 Å². The molecule has 0 spiro atoms. The molecular formula is C21H18N2O3S. The first kappa shape index (κ1) is 17.4. The first-order valence-electron chi connectivity index (χ1n) is 8.58. The van der Waals surface area contributed by atoms with Gasteiger partial charge in [0.25, 0.3) is 5.91 Å². The molecule has 1 unspecified atom stereocenters. The average Bonchev–Trinajstić information content (AvgIpc) is 2.98. The third-order valence-electron chi connectivity index (χ3n) is 4.54. The number of nitrogens with zero attached hydrogens (tertiary/aromatic N) is 2. The molecule has 27 heavy (non-hydrogen) atoms. The summed E-state index contributed by atoms with van der Waals surface area (Å²) < 4.78 is 14.3. The van der Waals surface area contributed by atoms with Gasteiger partial charge in [-0.25, -0.2) is 0 Å².